The predicted molar refractivity (Wildman–Crippen MR) is 75.4 cm³/mol. The first-order valence-electron chi connectivity index (χ1n) is 5.92. The first kappa shape index (κ1) is 12.8. The van der Waals surface area contributed by atoms with Gasteiger partial charge in [-0.25, -0.2) is 0 Å². The summed E-state index contributed by atoms with van der Waals surface area (Å²) in [5.74, 6) is 0.0642. The van der Waals surface area contributed by atoms with Crippen LogP contribution in [0, 0.1) is 13.8 Å². The molecule has 0 heterocycles. The Hall–Kier alpha value is -1.60. The van der Waals surface area contributed by atoms with E-state index in [9.17, 15) is 4.79 Å². The van der Waals surface area contributed by atoms with Crippen molar-refractivity contribution < 1.29 is 4.79 Å². The number of rotatable bonds is 3. The summed E-state index contributed by atoms with van der Waals surface area (Å²) in [4.78, 5) is 12.2. The molecule has 92 valence electrons. The molecule has 0 aliphatic heterocycles. The van der Waals surface area contributed by atoms with Crippen LogP contribution >= 0.6 is 11.6 Å². The first-order valence-corrected chi connectivity index (χ1v) is 6.29. The van der Waals surface area contributed by atoms with Crippen molar-refractivity contribution in [1.29, 1.82) is 0 Å². The van der Waals surface area contributed by atoms with Crippen LogP contribution in [0.2, 0.25) is 5.02 Å². The van der Waals surface area contributed by atoms with Crippen LogP contribution in [0.5, 0.6) is 0 Å². The predicted octanol–water partition coefficient (Wildman–Crippen LogP) is 4.38. The molecule has 0 aliphatic carbocycles. The summed E-state index contributed by atoms with van der Waals surface area (Å²) in [6, 6.07) is 13.3. The van der Waals surface area contributed by atoms with Crippen molar-refractivity contribution in [2.24, 2.45) is 0 Å². The fourth-order valence-corrected chi connectivity index (χ4v) is 2.19. The van der Waals surface area contributed by atoms with Crippen LogP contribution < -0.4 is 0 Å². The highest BCUT2D eigenvalue weighted by molar-refractivity contribution is 6.34. The lowest BCUT2D eigenvalue weighted by Crippen LogP contribution is -2.05. The van der Waals surface area contributed by atoms with Gasteiger partial charge < -0.3 is 0 Å². The van der Waals surface area contributed by atoms with Crippen LogP contribution in [0.4, 0.5) is 0 Å². The van der Waals surface area contributed by atoms with E-state index in [1.165, 1.54) is 5.56 Å². The van der Waals surface area contributed by atoms with E-state index in [4.69, 9.17) is 11.6 Å². The van der Waals surface area contributed by atoms with E-state index in [-0.39, 0.29) is 5.78 Å². The van der Waals surface area contributed by atoms with Crippen molar-refractivity contribution in [3.63, 3.8) is 0 Å². The van der Waals surface area contributed by atoms with Gasteiger partial charge in [0.05, 0.1) is 5.02 Å². The smallest absolute Gasteiger partial charge is 0.168 e. The number of carbonyl (C=O) groups excluding carboxylic acids is 1. The molecule has 0 saturated carbocycles. The third kappa shape index (κ3) is 2.80. The molecule has 0 unspecified atom stereocenters. The number of carbonyl (C=O) groups is 1. The fraction of sp³-hybridized carbons (Fsp3) is 0.188. The zero-order valence-corrected chi connectivity index (χ0v) is 11.3. The summed E-state index contributed by atoms with van der Waals surface area (Å²) in [7, 11) is 0. The van der Waals surface area contributed by atoms with Crippen LogP contribution in [0.1, 0.15) is 27.0 Å². The maximum atomic E-state index is 12.2. The molecule has 0 fully saturated rings. The molecule has 0 saturated heterocycles. The average Bonchev–Trinajstić information content (AvgIpc) is 2.34. The SMILES string of the molecule is Cc1ccc(C)c(CC(=O)c2ccccc2Cl)c1. The largest absolute Gasteiger partial charge is 0.294 e. The Kier molecular flexibility index (Phi) is 3.83. The van der Waals surface area contributed by atoms with Gasteiger partial charge in [-0.3, -0.25) is 4.79 Å². The molecule has 0 aromatic heterocycles. The summed E-state index contributed by atoms with van der Waals surface area (Å²) in [6.07, 6.45) is 0.400. The van der Waals surface area contributed by atoms with Crippen molar-refractivity contribution in [2.45, 2.75) is 20.3 Å². The maximum absolute atomic E-state index is 12.2. The minimum Gasteiger partial charge on any atom is -0.294 e. The second-order valence-electron chi connectivity index (χ2n) is 4.51. The molecule has 2 rings (SSSR count). The van der Waals surface area contributed by atoms with Crippen molar-refractivity contribution in [3.05, 3.63) is 69.7 Å². The highest BCUT2D eigenvalue weighted by atomic mass is 35.5. The molecule has 0 atom stereocenters. The Morgan fingerprint density at radius 1 is 1.11 bits per heavy atom. The van der Waals surface area contributed by atoms with Gasteiger partial charge in [-0.05, 0) is 37.1 Å². The van der Waals surface area contributed by atoms with Crippen LogP contribution in [0.15, 0.2) is 42.5 Å². The zero-order valence-electron chi connectivity index (χ0n) is 10.5. The van der Waals surface area contributed by atoms with Crippen LogP contribution in [0.3, 0.4) is 0 Å². The Balaban J connectivity index is 2.27. The number of halogens is 1. The molecular weight excluding hydrogens is 244 g/mol. The van der Waals surface area contributed by atoms with Gasteiger partial charge >= 0.3 is 0 Å². The summed E-state index contributed by atoms with van der Waals surface area (Å²) in [6.45, 7) is 4.05. The third-order valence-corrected chi connectivity index (χ3v) is 3.36. The van der Waals surface area contributed by atoms with Crippen molar-refractivity contribution in [2.75, 3.05) is 0 Å². The number of hydrogen-bond donors (Lipinski definition) is 0. The second-order valence-corrected chi connectivity index (χ2v) is 4.92. The van der Waals surface area contributed by atoms with E-state index >= 15 is 0 Å². The lowest BCUT2D eigenvalue weighted by atomic mass is 9.98. The highest BCUT2D eigenvalue weighted by Gasteiger charge is 2.11. The van der Waals surface area contributed by atoms with Gasteiger partial charge in [-0.15, -0.1) is 0 Å². The molecule has 0 amide bonds. The summed E-state index contributed by atoms with van der Waals surface area (Å²) < 4.78 is 0. The molecule has 1 nitrogen and oxygen atoms in total. The van der Waals surface area contributed by atoms with Gasteiger partial charge in [0.1, 0.15) is 0 Å². The molecule has 0 bridgehead atoms. The normalized spacial score (nSPS) is 10.4. The van der Waals surface area contributed by atoms with Crippen molar-refractivity contribution in [3.8, 4) is 0 Å². The molecule has 0 aliphatic rings. The standard InChI is InChI=1S/C16H15ClO/c1-11-7-8-12(2)13(9-11)10-16(18)14-5-3-4-6-15(14)17/h3-9H,10H2,1-2H3. The summed E-state index contributed by atoms with van der Waals surface area (Å²) >= 11 is 6.04. The number of aryl methyl sites for hydroxylation is 2. The zero-order chi connectivity index (χ0) is 13.1. The summed E-state index contributed by atoms with van der Waals surface area (Å²) in [5.41, 5.74) is 3.98. The fourth-order valence-electron chi connectivity index (χ4n) is 1.95. The summed E-state index contributed by atoms with van der Waals surface area (Å²) in [5, 5.41) is 0.521. The third-order valence-electron chi connectivity index (χ3n) is 3.03. The molecule has 2 aromatic rings. The van der Waals surface area contributed by atoms with Gasteiger partial charge in [0, 0.05) is 12.0 Å². The molecule has 0 radical (unpaired) electrons. The molecule has 0 N–H and O–H groups in total. The Morgan fingerprint density at radius 3 is 2.56 bits per heavy atom. The maximum Gasteiger partial charge on any atom is 0.168 e. The lowest BCUT2D eigenvalue weighted by Gasteiger charge is -2.07. The van der Waals surface area contributed by atoms with Crippen LogP contribution in [0.25, 0.3) is 0 Å². The highest BCUT2D eigenvalue weighted by Crippen LogP contribution is 2.19. The van der Waals surface area contributed by atoms with Gasteiger partial charge in [-0.1, -0.05) is 47.5 Å². The number of Topliss-reactive ketones (excluding diaryl/α,β-unsaturated/α-hetero) is 1. The topological polar surface area (TPSA) is 17.1 Å². The molecule has 18 heavy (non-hydrogen) atoms. The van der Waals surface area contributed by atoms with E-state index in [1.54, 1.807) is 12.1 Å². The first-order chi connectivity index (χ1) is 8.58. The van der Waals surface area contributed by atoms with Crippen molar-refractivity contribution in [1.82, 2.24) is 0 Å². The molecular formula is C16H15ClO. The van der Waals surface area contributed by atoms with Crippen LogP contribution in [-0.4, -0.2) is 5.78 Å². The number of ketones is 1. The Labute approximate surface area is 112 Å². The van der Waals surface area contributed by atoms with Crippen molar-refractivity contribution >= 4 is 17.4 Å². The minimum absolute atomic E-state index is 0.0642. The van der Waals surface area contributed by atoms with Crippen LogP contribution in [-0.2, 0) is 6.42 Å². The van der Waals surface area contributed by atoms with Gasteiger partial charge in [0.15, 0.2) is 5.78 Å². The molecule has 2 aromatic carbocycles. The molecule has 0 spiro atoms. The van der Waals surface area contributed by atoms with E-state index in [1.807, 2.05) is 32.0 Å². The number of hydrogen-bond acceptors (Lipinski definition) is 1. The number of benzene rings is 2. The van der Waals surface area contributed by atoms with E-state index in [2.05, 4.69) is 12.1 Å². The average molecular weight is 259 g/mol. The second kappa shape index (κ2) is 5.36. The Morgan fingerprint density at radius 2 is 1.83 bits per heavy atom. The quantitative estimate of drug-likeness (QED) is 0.747. The van der Waals surface area contributed by atoms with E-state index in [0.717, 1.165) is 11.1 Å². The van der Waals surface area contributed by atoms with E-state index in [0.29, 0.717) is 17.0 Å². The van der Waals surface area contributed by atoms with Gasteiger partial charge in [0.25, 0.3) is 0 Å². The molecule has 2 heteroatoms. The minimum atomic E-state index is 0.0642. The van der Waals surface area contributed by atoms with Gasteiger partial charge in [0.2, 0.25) is 0 Å². The van der Waals surface area contributed by atoms with Gasteiger partial charge in [-0.2, -0.15) is 0 Å². The van der Waals surface area contributed by atoms with E-state index < -0.39 is 0 Å². The Bertz CT molecular complexity index is 587. The lowest BCUT2D eigenvalue weighted by molar-refractivity contribution is 0.0993. The monoisotopic (exact) mass is 258 g/mol.